The topological polar surface area (TPSA) is 77.3 Å². The predicted molar refractivity (Wildman–Crippen MR) is 222 cm³/mol. The summed E-state index contributed by atoms with van der Waals surface area (Å²) in [5.41, 5.74) is 19.9. The molecular weight excluding hydrogens is 906 g/mol. The van der Waals surface area contributed by atoms with Gasteiger partial charge in [0.1, 0.15) is 5.75 Å². The van der Waals surface area contributed by atoms with E-state index in [9.17, 15) is 5.73 Å². The second kappa shape index (κ2) is 28.8. The van der Waals surface area contributed by atoms with E-state index in [-0.39, 0.29) is 125 Å². The van der Waals surface area contributed by atoms with Crippen molar-refractivity contribution >= 4 is 24.2 Å². The van der Waals surface area contributed by atoms with E-state index < -0.39 is 5.54 Å². The van der Waals surface area contributed by atoms with Gasteiger partial charge in [0, 0.05) is 125 Å². The van der Waals surface area contributed by atoms with Crippen LogP contribution >= 0.6 is 18.9 Å². The minimum atomic E-state index is -0.922. The van der Waals surface area contributed by atoms with Crippen LogP contribution in [0.4, 0.5) is 0 Å². The third-order valence-corrected chi connectivity index (χ3v) is 9.25. The molecule has 6 nitrogen and oxygen atoms in total. The van der Waals surface area contributed by atoms with Gasteiger partial charge in [-0.15, -0.1) is 20.8 Å². The summed E-state index contributed by atoms with van der Waals surface area (Å²) in [5.74, 6) is 2.17. The first-order valence-corrected chi connectivity index (χ1v) is 20.0. The standard InChI is InChI=1S/C20H24NO.C15H18N2O2P.C9H12.3Ar.ClH.Ru/c1-14(2)16(4)20(21,17-8-6-15(3)7-9-17)18-10-12-19(22-5)13-11-18;1-8-6-12(18-4)16-9(2)14(8)15-10(3)17-13(19-5)7-11(15)20;1-7-4-8(2)6-9(3)5-7;;;;;/h6-8,10-14,16,21H,4H2,1-3,5H3;6-7H,1,20H2,2-5H3;4-6H,1-3H3;;;;1H;/q-3;-1;;;;;;+1/p-1. The van der Waals surface area contributed by atoms with Crippen LogP contribution in [0.15, 0.2) is 72.8 Å². The van der Waals surface area contributed by atoms with Crippen LogP contribution in [0, 0.1) is 187 Å². The number of ether oxygens (including phenoxy) is 3. The molecule has 311 valence electrons. The number of nitrogens with zero attached hydrogens (tertiary/aromatic N) is 2. The summed E-state index contributed by atoms with van der Waals surface area (Å²) in [6, 6.07) is 27.2. The zero-order valence-corrected chi connectivity index (χ0v) is 39.8. The molecule has 2 aromatic heterocycles. The second-order valence-corrected chi connectivity index (χ2v) is 14.0. The van der Waals surface area contributed by atoms with Gasteiger partial charge in [-0.05, 0) is 63.3 Å². The van der Waals surface area contributed by atoms with Gasteiger partial charge in [0.15, 0.2) is 5.88 Å². The number of hydrogen-bond donors (Lipinski definition) is 0. The molecule has 0 spiro atoms. The average Bonchev–Trinajstić information content (AvgIpc) is 3.12. The van der Waals surface area contributed by atoms with Crippen molar-refractivity contribution in [3.8, 4) is 28.6 Å². The summed E-state index contributed by atoms with van der Waals surface area (Å²) in [6.45, 7) is 24.9. The summed E-state index contributed by atoms with van der Waals surface area (Å²) in [5, 5.41) is 1.01. The Labute approximate surface area is 443 Å². The molecule has 1 N–H and O–H groups in total. The number of hydrogen-bond acceptors (Lipinski definition) is 5. The number of halogens is 1. The maximum absolute atomic E-state index is 9.20. The number of rotatable bonds is 8. The van der Waals surface area contributed by atoms with Crippen molar-refractivity contribution in [1.29, 1.82) is 0 Å². The summed E-state index contributed by atoms with van der Waals surface area (Å²) in [7, 11) is 12.1. The van der Waals surface area contributed by atoms with Crippen molar-refractivity contribution in [3.05, 3.63) is 149 Å². The van der Waals surface area contributed by atoms with Crippen LogP contribution in [0.2, 0.25) is 0 Å². The van der Waals surface area contributed by atoms with E-state index in [1.807, 2.05) is 92.7 Å². The SMILES string of the molecule is Cc1cc(C)cc(C)c1.[Ar].[Ar].[Ar].[CH2-]C(C(C)C)C([NH-])(c1[c-]cc(C)cc1)c1ccc(OC)cc1.[CH2-]c1cc(OC)nc(C)c1-c1c(P)cc(OC)nc1C.[Cl][Ru]. The van der Waals surface area contributed by atoms with Gasteiger partial charge < -0.3 is 26.9 Å². The average molecular weight is 960 g/mol. The molecule has 5 rings (SSSR count). The van der Waals surface area contributed by atoms with Crippen molar-refractivity contribution in [3.63, 3.8) is 0 Å². The van der Waals surface area contributed by atoms with E-state index >= 15 is 0 Å². The normalized spacial score (nSPS) is 11.4. The van der Waals surface area contributed by atoms with Crippen LogP contribution in [0.25, 0.3) is 16.9 Å². The van der Waals surface area contributed by atoms with E-state index in [1.54, 1.807) is 21.3 Å². The second-order valence-electron chi connectivity index (χ2n) is 13.3. The summed E-state index contributed by atoms with van der Waals surface area (Å²) >= 11 is 1.82. The molecule has 0 radical (unpaired) electrons. The third-order valence-electron chi connectivity index (χ3n) is 8.80. The van der Waals surface area contributed by atoms with E-state index in [1.165, 1.54) is 16.7 Å². The molecule has 3 aromatic carbocycles. The Kier molecular flexibility index (Phi) is 30.0. The number of aryl methyl sites for hydroxylation is 6. The molecule has 0 fully saturated rings. The first-order chi connectivity index (χ1) is 25.0. The predicted octanol–water partition coefficient (Wildman–Crippen LogP) is 11.0. The van der Waals surface area contributed by atoms with Crippen LogP contribution in [0.3, 0.4) is 0 Å². The molecule has 56 heavy (non-hydrogen) atoms. The Morgan fingerprint density at radius 2 is 1.18 bits per heavy atom. The number of nitrogens with one attached hydrogen (secondary N) is 1. The first-order valence-electron chi connectivity index (χ1n) is 17.1. The monoisotopic (exact) mass is 960 g/mol. The number of benzene rings is 3. The molecule has 0 aliphatic carbocycles. The Balaban J connectivity index is 0. The quantitative estimate of drug-likeness (QED) is 0.0880. The van der Waals surface area contributed by atoms with Crippen molar-refractivity contribution in [2.45, 2.75) is 60.9 Å². The molecule has 2 heterocycles. The Bertz CT molecular complexity index is 1770. The molecule has 3 atom stereocenters. The van der Waals surface area contributed by atoms with Gasteiger partial charge in [-0.25, -0.2) is 9.97 Å². The summed E-state index contributed by atoms with van der Waals surface area (Å²) in [4.78, 5) is 8.85. The Hall–Kier alpha value is 0.313. The van der Waals surface area contributed by atoms with Crippen LogP contribution in [-0.4, -0.2) is 31.3 Å². The van der Waals surface area contributed by atoms with Crippen molar-refractivity contribution in [2.24, 2.45) is 11.8 Å². The van der Waals surface area contributed by atoms with E-state index in [2.05, 4.69) is 102 Å². The van der Waals surface area contributed by atoms with Crippen molar-refractivity contribution < 1.29 is 145 Å². The molecular formula is C44H54Ar3ClN3O3PRu-4. The van der Waals surface area contributed by atoms with Crippen LogP contribution in [0.1, 0.15) is 64.2 Å². The van der Waals surface area contributed by atoms with Gasteiger partial charge in [-0.1, -0.05) is 84.8 Å². The van der Waals surface area contributed by atoms with Crippen LogP contribution in [-0.2, 0) is 22.9 Å². The zero-order chi connectivity index (χ0) is 40.0. The summed E-state index contributed by atoms with van der Waals surface area (Å²) in [6.07, 6.45) is 0. The van der Waals surface area contributed by atoms with Gasteiger partial charge in [0.2, 0.25) is 5.88 Å². The molecule has 0 bridgehead atoms. The maximum atomic E-state index is 9.20. The molecule has 12 heteroatoms. The van der Waals surface area contributed by atoms with Crippen molar-refractivity contribution in [2.75, 3.05) is 21.3 Å². The van der Waals surface area contributed by atoms with E-state index in [4.69, 9.17) is 14.2 Å². The van der Waals surface area contributed by atoms with Crippen molar-refractivity contribution in [1.82, 2.24) is 9.97 Å². The fourth-order valence-corrected chi connectivity index (χ4v) is 6.62. The van der Waals surface area contributed by atoms with E-state index in [0.29, 0.717) is 11.8 Å². The third kappa shape index (κ3) is 16.6. The summed E-state index contributed by atoms with van der Waals surface area (Å²) < 4.78 is 15.6. The molecule has 0 saturated carbocycles. The Morgan fingerprint density at radius 3 is 1.55 bits per heavy atom. The molecule has 3 unspecified atom stereocenters. The van der Waals surface area contributed by atoms with Crippen LogP contribution in [0.5, 0.6) is 17.5 Å². The van der Waals surface area contributed by atoms with E-state index in [0.717, 1.165) is 55.8 Å². The minimum absolute atomic E-state index is 0. The Morgan fingerprint density at radius 1 is 0.714 bits per heavy atom. The fraction of sp³-hybridized carbons (Fsp3) is 0.318. The molecule has 0 aliphatic heterocycles. The molecule has 0 amide bonds. The van der Waals surface area contributed by atoms with Gasteiger partial charge in [-0.3, -0.25) is 0 Å². The number of pyridine rings is 2. The van der Waals surface area contributed by atoms with Gasteiger partial charge in [0.25, 0.3) is 0 Å². The number of aromatic nitrogens is 2. The molecule has 0 saturated heterocycles. The molecule has 5 aromatic rings. The molecule has 0 aliphatic rings. The van der Waals surface area contributed by atoms with Gasteiger partial charge in [0.05, 0.1) is 21.3 Å². The number of methoxy groups -OCH3 is 3. The van der Waals surface area contributed by atoms with Gasteiger partial charge in [-0.2, -0.15) is 53.8 Å². The fourth-order valence-electron chi connectivity index (χ4n) is 6.12. The van der Waals surface area contributed by atoms with Crippen LogP contribution < -0.4 is 19.5 Å². The van der Waals surface area contributed by atoms with Gasteiger partial charge >= 0.3 is 27.0 Å². The zero-order valence-electron chi connectivity index (χ0n) is 34.0. The first kappa shape index (κ1) is 58.4.